The molecule has 9 nitrogen and oxygen atoms in total. The van der Waals surface area contributed by atoms with Crippen molar-refractivity contribution >= 4 is 17.8 Å². The Morgan fingerprint density at radius 3 is 2.47 bits per heavy atom. The average Bonchev–Trinajstić information content (AvgIpc) is 3.38. The number of nitrogens with zero attached hydrogens (tertiary/aromatic N) is 4. The summed E-state index contributed by atoms with van der Waals surface area (Å²) in [7, 11) is 1.55. The van der Waals surface area contributed by atoms with Gasteiger partial charge in [-0.15, -0.1) is 0 Å². The molecule has 196 valence electrons. The van der Waals surface area contributed by atoms with Gasteiger partial charge in [0.15, 0.2) is 23.3 Å². The predicted octanol–water partition coefficient (Wildman–Crippen LogP) is 3.73. The maximum atomic E-state index is 13.5. The maximum absolute atomic E-state index is 13.5. The van der Waals surface area contributed by atoms with Gasteiger partial charge in [0.25, 0.3) is 5.91 Å². The van der Waals surface area contributed by atoms with Gasteiger partial charge in [0.05, 0.1) is 12.2 Å². The van der Waals surface area contributed by atoms with E-state index in [-0.39, 0.29) is 30.9 Å². The number of carbonyl (C=O) groups excluding carboxylic acids is 2. The second-order valence-corrected chi connectivity index (χ2v) is 8.57. The van der Waals surface area contributed by atoms with Crippen molar-refractivity contribution in [1.82, 2.24) is 25.2 Å². The lowest BCUT2D eigenvalue weighted by molar-refractivity contribution is 0.0941. The summed E-state index contributed by atoms with van der Waals surface area (Å²) in [5.41, 5.74) is 8.38. The van der Waals surface area contributed by atoms with E-state index in [0.717, 1.165) is 23.3 Å². The largest absolute Gasteiger partial charge is 0.345 e. The van der Waals surface area contributed by atoms with E-state index < -0.39 is 11.6 Å². The summed E-state index contributed by atoms with van der Waals surface area (Å²) in [4.78, 5) is 39.0. The molecule has 3 amide bonds. The third-order valence-electron chi connectivity index (χ3n) is 5.81. The average molecular weight is 520 g/mol. The van der Waals surface area contributed by atoms with E-state index in [0.29, 0.717) is 30.2 Å². The number of benzene rings is 2. The zero-order valence-corrected chi connectivity index (χ0v) is 20.7. The number of carbonyl (C=O) groups is 2. The number of hydrogen-bond acceptors (Lipinski definition) is 5. The first-order valence-corrected chi connectivity index (χ1v) is 11.8. The van der Waals surface area contributed by atoms with Gasteiger partial charge < -0.3 is 20.9 Å². The number of amides is 3. The fourth-order valence-electron chi connectivity index (χ4n) is 3.82. The highest BCUT2D eigenvalue weighted by Gasteiger charge is 2.32. The number of urea groups is 1. The van der Waals surface area contributed by atoms with Gasteiger partial charge in [-0.2, -0.15) is 0 Å². The zero-order valence-electron chi connectivity index (χ0n) is 20.7. The minimum Gasteiger partial charge on any atom is -0.345 e. The van der Waals surface area contributed by atoms with Crippen molar-refractivity contribution in [3.8, 4) is 0 Å². The van der Waals surface area contributed by atoms with Crippen molar-refractivity contribution in [2.24, 2.45) is 5.73 Å². The van der Waals surface area contributed by atoms with Gasteiger partial charge in [-0.05, 0) is 34.9 Å². The molecule has 0 bridgehead atoms. The van der Waals surface area contributed by atoms with E-state index in [2.05, 4.69) is 20.3 Å². The Morgan fingerprint density at radius 2 is 1.82 bits per heavy atom. The molecule has 0 spiro atoms. The van der Waals surface area contributed by atoms with Gasteiger partial charge >= 0.3 is 6.03 Å². The first-order valence-electron chi connectivity index (χ1n) is 11.8. The molecule has 0 saturated carbocycles. The number of aromatic nitrogens is 3. The van der Waals surface area contributed by atoms with E-state index >= 15 is 0 Å². The van der Waals surface area contributed by atoms with Crippen LogP contribution in [0.4, 0.5) is 19.4 Å². The smallest absolute Gasteiger partial charge is 0.326 e. The molecule has 5 rings (SSSR count). The minimum atomic E-state index is -0.968. The topological polar surface area (TPSA) is 120 Å². The number of hydrogen-bond donors (Lipinski definition) is 3. The van der Waals surface area contributed by atoms with E-state index in [4.69, 9.17) is 5.73 Å². The summed E-state index contributed by atoms with van der Waals surface area (Å²) in [6.45, 7) is 1.18. The normalized spacial score (nSPS) is 12.5. The molecule has 4 aromatic rings. The number of aromatic amines is 1. The van der Waals surface area contributed by atoms with Crippen LogP contribution in [0.2, 0.25) is 0 Å². The lowest BCUT2D eigenvalue weighted by Crippen LogP contribution is -2.44. The van der Waals surface area contributed by atoms with Gasteiger partial charge in [0.2, 0.25) is 0 Å². The van der Waals surface area contributed by atoms with Crippen LogP contribution in [0.5, 0.6) is 0 Å². The van der Waals surface area contributed by atoms with Crippen LogP contribution in [-0.2, 0) is 26.2 Å². The highest BCUT2D eigenvalue weighted by Crippen LogP contribution is 2.27. The van der Waals surface area contributed by atoms with Crippen LogP contribution in [0.3, 0.4) is 0 Å². The summed E-state index contributed by atoms with van der Waals surface area (Å²) in [6, 6.07) is 16.5. The fourth-order valence-corrected chi connectivity index (χ4v) is 3.82. The highest BCUT2D eigenvalue weighted by atomic mass is 19.2. The molecule has 0 atom stereocenters. The molecule has 4 N–H and O–H groups in total. The number of nitrogens with two attached hydrogens (primary N) is 1. The Kier molecular flexibility index (Phi) is 8.39. The molecular formula is C27H27F2N7O2. The number of H-pyrrole nitrogens is 1. The summed E-state index contributed by atoms with van der Waals surface area (Å²) in [5, 5.41) is 2.79. The predicted molar refractivity (Wildman–Crippen MR) is 138 cm³/mol. The van der Waals surface area contributed by atoms with Gasteiger partial charge in [-0.25, -0.2) is 18.6 Å². The summed E-state index contributed by atoms with van der Waals surface area (Å²) in [6.07, 6.45) is 3.50. The first kappa shape index (κ1) is 26.4. The molecule has 0 unspecified atom stereocenters. The number of fused-ring (bicyclic) bond motifs is 1. The minimum absolute atomic E-state index is 0.0916. The van der Waals surface area contributed by atoms with Crippen molar-refractivity contribution < 1.29 is 18.4 Å². The molecule has 0 fully saturated rings. The number of nitrogens with one attached hydrogen (secondary N) is 2. The molecule has 2 aromatic heterocycles. The Labute approximate surface area is 218 Å². The maximum Gasteiger partial charge on any atom is 0.326 e. The van der Waals surface area contributed by atoms with Crippen molar-refractivity contribution in [2.75, 3.05) is 11.9 Å². The number of anilines is 1. The molecule has 2 aromatic carbocycles. The second-order valence-electron chi connectivity index (χ2n) is 8.57. The number of rotatable bonds is 6. The standard InChI is InChI=1S/C21H19F2N5O2.C6H8N2/c1-27-19-17(12-28(21(27)30)11-14-7-8-15(22)16(23)9-14)25-18(26-19)20(29)24-10-13-5-3-2-4-6-13;7-4-6-2-1-3-8-5-6/h2-9H,10-12H2,1H3,(H,24,29)(H,25,26);1-3,5H,4,7H2. The van der Waals surface area contributed by atoms with Gasteiger partial charge in [0, 0.05) is 39.1 Å². The van der Waals surface area contributed by atoms with E-state index in [9.17, 15) is 18.4 Å². The van der Waals surface area contributed by atoms with Gasteiger partial charge in [-0.3, -0.25) is 14.7 Å². The summed E-state index contributed by atoms with van der Waals surface area (Å²) >= 11 is 0. The Balaban J connectivity index is 0.000000360. The molecule has 0 saturated heterocycles. The van der Waals surface area contributed by atoms with Crippen molar-refractivity contribution in [1.29, 1.82) is 0 Å². The van der Waals surface area contributed by atoms with E-state index in [1.807, 2.05) is 42.5 Å². The SMILES string of the molecule is CN1C(=O)N(Cc2ccc(F)c(F)c2)Cc2[nH]c(C(=O)NCc3ccccc3)nc21.NCc1cccnc1. The van der Waals surface area contributed by atoms with Crippen LogP contribution in [0.25, 0.3) is 0 Å². The lowest BCUT2D eigenvalue weighted by atomic mass is 10.2. The second kappa shape index (κ2) is 12.1. The Hall–Kier alpha value is -4.64. The highest BCUT2D eigenvalue weighted by molar-refractivity contribution is 5.95. The summed E-state index contributed by atoms with van der Waals surface area (Å²) in [5.74, 6) is -1.83. The third-order valence-corrected chi connectivity index (χ3v) is 5.81. The monoisotopic (exact) mass is 519 g/mol. The van der Waals surface area contributed by atoms with Crippen molar-refractivity contribution in [2.45, 2.75) is 26.2 Å². The number of halogens is 2. The van der Waals surface area contributed by atoms with Crippen LogP contribution in [0.15, 0.2) is 73.1 Å². The third kappa shape index (κ3) is 6.37. The van der Waals surface area contributed by atoms with Crippen LogP contribution < -0.4 is 16.0 Å². The van der Waals surface area contributed by atoms with Crippen molar-refractivity contribution in [3.05, 3.63) is 113 Å². The fraction of sp³-hybridized carbons (Fsp3) is 0.185. The van der Waals surface area contributed by atoms with E-state index in [1.54, 1.807) is 19.4 Å². The molecule has 1 aliphatic rings. The summed E-state index contributed by atoms with van der Waals surface area (Å²) < 4.78 is 26.6. The molecule has 38 heavy (non-hydrogen) atoms. The zero-order chi connectivity index (χ0) is 27.1. The molecule has 0 radical (unpaired) electrons. The molecule has 3 heterocycles. The lowest BCUT2D eigenvalue weighted by Gasteiger charge is -2.32. The van der Waals surface area contributed by atoms with E-state index in [1.165, 1.54) is 15.9 Å². The van der Waals surface area contributed by atoms with Crippen LogP contribution in [0, 0.1) is 11.6 Å². The number of pyridine rings is 1. The Morgan fingerprint density at radius 1 is 1.05 bits per heavy atom. The molecule has 0 aliphatic carbocycles. The van der Waals surface area contributed by atoms with Crippen LogP contribution in [-0.4, -0.2) is 38.8 Å². The quantitative estimate of drug-likeness (QED) is 0.359. The Bertz CT molecular complexity index is 1400. The van der Waals surface area contributed by atoms with Gasteiger partial charge in [-0.1, -0.05) is 42.5 Å². The number of imidazole rings is 1. The molecule has 1 aliphatic heterocycles. The van der Waals surface area contributed by atoms with Crippen molar-refractivity contribution in [3.63, 3.8) is 0 Å². The molecular weight excluding hydrogens is 492 g/mol. The van der Waals surface area contributed by atoms with Gasteiger partial charge in [0.1, 0.15) is 0 Å². The first-order chi connectivity index (χ1) is 18.4. The van der Waals surface area contributed by atoms with Crippen LogP contribution in [0.1, 0.15) is 33.0 Å². The van der Waals surface area contributed by atoms with Crippen LogP contribution >= 0.6 is 0 Å². The molecule has 11 heteroatoms.